The van der Waals surface area contributed by atoms with Crippen LogP contribution in [0.4, 0.5) is 10.1 Å². The van der Waals surface area contributed by atoms with E-state index in [4.69, 9.17) is 89.1 Å². The second-order valence-corrected chi connectivity index (χ2v) is 31.5. The van der Waals surface area contributed by atoms with Crippen molar-refractivity contribution in [2.24, 2.45) is 0 Å². The first kappa shape index (κ1) is 84.1. The number of aryl methyl sites for hydroxylation is 5. The highest BCUT2D eigenvalue weighted by molar-refractivity contribution is 9.09. The molecule has 20 nitrogen and oxygen atoms in total. The van der Waals surface area contributed by atoms with Crippen LogP contribution in [0.5, 0.6) is 0 Å². The van der Waals surface area contributed by atoms with Gasteiger partial charge in [0.05, 0.1) is 76.8 Å². The molecule has 11 rings (SSSR count). The number of esters is 5. The number of aromatic nitrogens is 5. The Labute approximate surface area is 637 Å². The first-order valence-electron chi connectivity index (χ1n) is 32.5. The lowest BCUT2D eigenvalue weighted by Crippen LogP contribution is -2.66. The Kier molecular flexibility index (Phi) is 33.5. The molecule has 103 heavy (non-hydrogen) atoms. The van der Waals surface area contributed by atoms with Crippen LogP contribution in [0.15, 0.2) is 151 Å². The van der Waals surface area contributed by atoms with Crippen LogP contribution in [0, 0.1) is 17.1 Å². The number of hydrogen-bond acceptors (Lipinski definition) is 14. The van der Waals surface area contributed by atoms with Crippen LogP contribution in [0.1, 0.15) is 129 Å². The zero-order valence-electron chi connectivity index (χ0n) is 58.1. The van der Waals surface area contributed by atoms with Gasteiger partial charge in [0.25, 0.3) is 14.2 Å². The third-order valence-corrected chi connectivity index (χ3v) is 23.8. The molecule has 7 heterocycles. The number of alkyl halides is 1. The SMILES string of the molecule is COC(=O)C1=C(Cl)C=CC1.COC(=O)c1c(Cl)cc2n1CCC2.COC(=O)c1c(Cl)ccn1CCCBr.COC(=O)c1c(Cl)ccn1CCCO.COC(=O)c1c(Cl)ccn1CCCO[Si](c1ccccc1)(c1ccccc1)C(C)(C)C.N#Cc1cc(NC(=O)c2c(Cl)cc3n2CCC3)ccc1F. The van der Waals surface area contributed by atoms with Crippen molar-refractivity contribution >= 4 is 146 Å². The highest BCUT2D eigenvalue weighted by Gasteiger charge is 2.50. The first-order valence-corrected chi connectivity index (χ1v) is 37.8. The summed E-state index contributed by atoms with van der Waals surface area (Å²) in [6.45, 7) is 11.0. The smallest absolute Gasteiger partial charge is 0.356 e. The normalized spacial score (nSPS) is 12.4. The zero-order valence-corrected chi connectivity index (χ0v) is 65.3. The van der Waals surface area contributed by atoms with E-state index in [2.05, 4.69) is 109 Å². The summed E-state index contributed by atoms with van der Waals surface area (Å²) >= 11 is 38.9. The molecular weight excluding hydrogens is 1530 g/mol. The Balaban J connectivity index is 0.000000203. The number of carbonyl (C=O) groups is 6. The maximum absolute atomic E-state index is 13.3. The topological polar surface area (TPSA) is 238 Å². The lowest BCUT2D eigenvalue weighted by Gasteiger charge is -2.43. The van der Waals surface area contributed by atoms with Crippen LogP contribution in [0.25, 0.3) is 0 Å². The van der Waals surface area contributed by atoms with Crippen LogP contribution >= 0.6 is 85.5 Å². The van der Waals surface area contributed by atoms with E-state index >= 15 is 0 Å². The van der Waals surface area contributed by atoms with E-state index in [9.17, 15) is 33.2 Å². The van der Waals surface area contributed by atoms with Gasteiger partial charge in [-0.3, -0.25) is 4.79 Å². The number of anilines is 1. The summed E-state index contributed by atoms with van der Waals surface area (Å²) in [4.78, 5) is 69.2. The summed E-state index contributed by atoms with van der Waals surface area (Å²) in [6, 6.07) is 35.5. The molecule has 8 aromatic rings. The number of nitriles is 1. The van der Waals surface area contributed by atoms with E-state index in [1.807, 2.05) is 44.2 Å². The molecule has 550 valence electrons. The number of hydrogen-bond donors (Lipinski definition) is 2. The number of methoxy groups -OCH3 is 5. The molecule has 1 aliphatic carbocycles. The van der Waals surface area contributed by atoms with Crippen molar-refractivity contribution in [3.63, 3.8) is 0 Å². The number of carbonyl (C=O) groups excluding carboxylic acids is 6. The molecule has 3 aromatic carbocycles. The summed E-state index contributed by atoms with van der Waals surface area (Å²) in [6.07, 6.45) is 15.7. The maximum Gasteiger partial charge on any atom is 0.356 e. The van der Waals surface area contributed by atoms with Gasteiger partial charge >= 0.3 is 29.8 Å². The van der Waals surface area contributed by atoms with E-state index in [1.165, 1.54) is 58.1 Å². The van der Waals surface area contributed by atoms with Crippen molar-refractivity contribution < 1.29 is 66.4 Å². The Hall–Kier alpha value is -7.86. The van der Waals surface area contributed by atoms with E-state index in [0.29, 0.717) is 102 Å². The fraction of sp³-hybridized carbons (Fsp3) is 0.338. The summed E-state index contributed by atoms with van der Waals surface area (Å²) in [5.41, 5.74) is 5.02. The summed E-state index contributed by atoms with van der Waals surface area (Å²) in [5.74, 6) is -2.94. The van der Waals surface area contributed by atoms with Crippen molar-refractivity contribution in [1.29, 1.82) is 5.26 Å². The minimum Gasteiger partial charge on any atom is -0.466 e. The van der Waals surface area contributed by atoms with E-state index in [-0.39, 0.29) is 35.1 Å². The van der Waals surface area contributed by atoms with Gasteiger partial charge < -0.3 is 61.4 Å². The number of aliphatic hydroxyl groups is 1. The highest BCUT2D eigenvalue weighted by Crippen LogP contribution is 2.37. The maximum atomic E-state index is 13.3. The Morgan fingerprint density at radius 1 is 0.583 bits per heavy atom. The molecule has 0 spiro atoms. The number of fused-ring (bicyclic) bond motifs is 2. The predicted molar refractivity (Wildman–Crippen MR) is 405 cm³/mol. The number of halogens is 8. The fourth-order valence-electron chi connectivity index (χ4n) is 11.6. The first-order chi connectivity index (χ1) is 49.3. The van der Waals surface area contributed by atoms with E-state index in [0.717, 1.165) is 80.9 Å². The van der Waals surface area contributed by atoms with E-state index < -0.39 is 32.0 Å². The molecule has 2 N–H and O–H groups in total. The molecule has 0 saturated carbocycles. The van der Waals surface area contributed by atoms with Crippen LogP contribution in [0.2, 0.25) is 30.2 Å². The lowest BCUT2D eigenvalue weighted by atomic mass is 10.2. The molecule has 1 amide bonds. The molecule has 0 unspecified atom stereocenters. The summed E-state index contributed by atoms with van der Waals surface area (Å²) < 4.78 is 52.5. The average molecular weight is 1620 g/mol. The number of allylic oxidation sites excluding steroid dienone is 3. The number of nitrogens with one attached hydrogen (secondary N) is 1. The van der Waals surface area contributed by atoms with Crippen LogP contribution in [-0.2, 0) is 78.5 Å². The monoisotopic (exact) mass is 1610 g/mol. The second kappa shape index (κ2) is 41.0. The molecule has 0 fully saturated rings. The number of rotatable bonds is 20. The van der Waals surface area contributed by atoms with Crippen molar-refractivity contribution in [3.8, 4) is 6.07 Å². The van der Waals surface area contributed by atoms with Gasteiger partial charge in [-0.1, -0.05) is 173 Å². The number of nitrogens with zero attached hydrogens (tertiary/aromatic N) is 6. The van der Waals surface area contributed by atoms with Gasteiger partial charge in [-0.25, -0.2) is 28.4 Å². The van der Waals surface area contributed by atoms with Crippen molar-refractivity contribution in [1.82, 2.24) is 22.8 Å². The fourth-order valence-corrected chi connectivity index (χ4v) is 18.1. The molecule has 0 bridgehead atoms. The standard InChI is InChI=1S/C25H30ClNO3Si.C15H11ClFN3O.C9H11BrClNO2.C9H12ClNO3.C9H10ClNO2.C7H7ClO2/c1-25(2,3)31(20-12-7-5-8-13-20,21-14-9-6-10-15-21)30-19-11-17-27-18-16-22(26)23(27)24(28)29-4;16-12-7-11-2-1-5-20(11)14(12)15(21)19-10-3-4-13(17)9(6-10)8-18;1-14-9(13)8-7(11)3-6-12(8)5-2-4-10;1-14-9(13)8-7(10)3-5-11(8)4-2-6-12;1-13-9(12)8-7(10)5-6-3-2-4-11(6)8;1-10-7(9)5-3-2-4-6(5)8/h5-10,12-16,18H,11,17,19H2,1-4H3;3-4,6-7H,1-2,5H2,(H,19,21);3,6H,2,4-5H2,1H3;3,5,12H,2,4,6H2,1H3;5H,2-4H2,1H3;2,4H,3H2,1H3. The number of ether oxygens (including phenoxy) is 5. The van der Waals surface area contributed by atoms with Crippen molar-refractivity contribution in [3.05, 3.63) is 227 Å². The lowest BCUT2D eigenvalue weighted by molar-refractivity contribution is -0.136. The Morgan fingerprint density at radius 3 is 1.44 bits per heavy atom. The predicted octanol–water partition coefficient (Wildman–Crippen LogP) is 15.8. The second-order valence-electron chi connectivity index (χ2n) is 23.9. The van der Waals surface area contributed by atoms with Gasteiger partial charge in [0.2, 0.25) is 0 Å². The molecule has 5 aromatic heterocycles. The third kappa shape index (κ3) is 21.9. The minimum absolute atomic E-state index is 0.0658. The van der Waals surface area contributed by atoms with Crippen LogP contribution in [0.3, 0.4) is 0 Å². The summed E-state index contributed by atoms with van der Waals surface area (Å²) in [7, 11) is 4.18. The molecule has 0 atom stereocenters. The Morgan fingerprint density at radius 2 is 1.02 bits per heavy atom. The molecule has 0 saturated heterocycles. The Bertz CT molecular complexity index is 4220. The average Bonchev–Trinajstić information content (AvgIpc) is 1.71. The molecule has 29 heteroatoms. The van der Waals surface area contributed by atoms with Gasteiger partial charge in [0.1, 0.15) is 40.4 Å². The zero-order chi connectivity index (χ0) is 75.6. The third-order valence-electron chi connectivity index (χ3n) is 16.4. The van der Waals surface area contributed by atoms with Crippen LogP contribution in [-0.4, -0.2) is 126 Å². The molecule has 0 radical (unpaired) electrons. The van der Waals surface area contributed by atoms with Crippen LogP contribution < -0.4 is 15.7 Å². The van der Waals surface area contributed by atoms with Gasteiger partial charge in [-0.2, -0.15) is 5.26 Å². The highest BCUT2D eigenvalue weighted by atomic mass is 79.9. The number of amides is 1. The summed E-state index contributed by atoms with van der Waals surface area (Å²) in [5, 5.41) is 26.1. The van der Waals surface area contributed by atoms with Crippen molar-refractivity contribution in [2.45, 2.75) is 110 Å². The van der Waals surface area contributed by atoms with Gasteiger partial charge in [-0.05, 0) is 121 Å². The molecule has 2 aliphatic heterocycles. The molecular formula is C74H81BrCl6FN7O13Si. The van der Waals surface area contributed by atoms with Crippen molar-refractivity contribution in [2.75, 3.05) is 59.4 Å². The quantitative estimate of drug-likeness (QED) is 0.0237. The molecule has 3 aliphatic rings. The number of benzene rings is 3. The minimum atomic E-state index is -2.55. The van der Waals surface area contributed by atoms with Gasteiger partial charge in [-0.15, -0.1) is 0 Å². The number of aliphatic hydroxyl groups excluding tert-OH is 1. The van der Waals surface area contributed by atoms with E-state index in [1.54, 1.807) is 57.9 Å². The van der Waals surface area contributed by atoms with Gasteiger partial charge in [0.15, 0.2) is 0 Å². The largest absolute Gasteiger partial charge is 0.466 e. The van der Waals surface area contributed by atoms with Gasteiger partial charge in [0, 0.05) is 86.9 Å².